The van der Waals surface area contributed by atoms with Crippen molar-refractivity contribution in [2.75, 3.05) is 17.2 Å². The number of rotatable bonds is 3. The number of hydrogen-bond donors (Lipinski definition) is 4. The molecule has 3 aliphatic rings. The minimum atomic E-state index is -1.77. The zero-order valence-electron chi connectivity index (χ0n) is 12.8. The summed E-state index contributed by atoms with van der Waals surface area (Å²) in [7, 11) is 0. The van der Waals surface area contributed by atoms with E-state index in [4.69, 9.17) is 5.73 Å². The lowest BCUT2D eigenvalue weighted by Crippen LogP contribution is -2.36. The number of anilines is 2. The van der Waals surface area contributed by atoms with E-state index in [1.54, 1.807) is 18.2 Å². The quantitative estimate of drug-likeness (QED) is 0.631. The molecule has 3 amide bonds. The maximum atomic E-state index is 13.8. The number of halogens is 1. The van der Waals surface area contributed by atoms with Gasteiger partial charge in [0.25, 0.3) is 5.91 Å². The van der Waals surface area contributed by atoms with Crippen molar-refractivity contribution in [3.8, 4) is 0 Å². The van der Waals surface area contributed by atoms with Gasteiger partial charge in [-0.3, -0.25) is 14.4 Å². The molecule has 1 aromatic carbocycles. The van der Waals surface area contributed by atoms with E-state index in [1.807, 2.05) is 0 Å². The fraction of sp³-hybridized carbons (Fsp3) is 0.438. The summed E-state index contributed by atoms with van der Waals surface area (Å²) in [6, 6.07) is 4.38. The number of primary amides is 1. The van der Waals surface area contributed by atoms with Gasteiger partial charge in [0, 0.05) is 17.9 Å². The molecule has 2 atom stereocenters. The Morgan fingerprint density at radius 3 is 2.71 bits per heavy atom. The molecule has 4 rings (SSSR count). The molecule has 0 aromatic heterocycles. The highest BCUT2D eigenvalue weighted by Crippen LogP contribution is 2.45. The predicted molar refractivity (Wildman–Crippen MR) is 84.1 cm³/mol. The van der Waals surface area contributed by atoms with Gasteiger partial charge in [0.05, 0.1) is 11.5 Å². The fourth-order valence-electron chi connectivity index (χ4n) is 3.44. The van der Waals surface area contributed by atoms with E-state index in [1.165, 1.54) is 0 Å². The van der Waals surface area contributed by atoms with Gasteiger partial charge in [0.2, 0.25) is 11.8 Å². The summed E-state index contributed by atoms with van der Waals surface area (Å²) < 4.78 is 13.8. The van der Waals surface area contributed by atoms with Crippen LogP contribution in [0.1, 0.15) is 24.8 Å². The van der Waals surface area contributed by atoms with Crippen LogP contribution in [0.4, 0.5) is 15.8 Å². The molecule has 2 fully saturated rings. The first-order valence-corrected chi connectivity index (χ1v) is 7.83. The van der Waals surface area contributed by atoms with E-state index in [-0.39, 0.29) is 31.7 Å². The highest BCUT2D eigenvalue weighted by atomic mass is 19.1. The van der Waals surface area contributed by atoms with Crippen LogP contribution in [0.5, 0.6) is 0 Å². The first-order valence-electron chi connectivity index (χ1n) is 7.83. The number of alkyl halides is 1. The third-order valence-corrected chi connectivity index (χ3v) is 5.12. The van der Waals surface area contributed by atoms with Crippen molar-refractivity contribution in [1.82, 2.24) is 5.32 Å². The van der Waals surface area contributed by atoms with Crippen LogP contribution < -0.4 is 21.7 Å². The molecule has 0 bridgehead atoms. The van der Waals surface area contributed by atoms with Gasteiger partial charge < -0.3 is 21.7 Å². The van der Waals surface area contributed by atoms with Crippen molar-refractivity contribution in [1.29, 1.82) is 0 Å². The van der Waals surface area contributed by atoms with E-state index >= 15 is 0 Å². The van der Waals surface area contributed by atoms with Crippen LogP contribution in [0.2, 0.25) is 0 Å². The minimum Gasteiger partial charge on any atom is -0.368 e. The van der Waals surface area contributed by atoms with Gasteiger partial charge >= 0.3 is 0 Å². The Hall–Kier alpha value is -2.48. The zero-order valence-corrected chi connectivity index (χ0v) is 12.8. The first kappa shape index (κ1) is 15.1. The van der Waals surface area contributed by atoms with Crippen molar-refractivity contribution in [2.45, 2.75) is 36.4 Å². The van der Waals surface area contributed by atoms with E-state index < -0.39 is 28.9 Å². The lowest BCUT2D eigenvalue weighted by molar-refractivity contribution is -0.122. The van der Waals surface area contributed by atoms with Gasteiger partial charge in [-0.15, -0.1) is 0 Å². The number of amides is 3. The molecule has 1 aliphatic carbocycles. The van der Waals surface area contributed by atoms with Crippen molar-refractivity contribution in [3.05, 3.63) is 23.8 Å². The van der Waals surface area contributed by atoms with Crippen LogP contribution in [-0.4, -0.2) is 36.0 Å². The SMILES string of the molecule is NC(=O)C1CC2(CN1)C(=O)Nc1ccc(NC(=O)C3(F)CC3)cc12. The van der Waals surface area contributed by atoms with Gasteiger partial charge in [-0.1, -0.05) is 0 Å². The lowest BCUT2D eigenvalue weighted by atomic mass is 9.79. The van der Waals surface area contributed by atoms with Crippen LogP contribution in [0.15, 0.2) is 18.2 Å². The van der Waals surface area contributed by atoms with E-state index in [2.05, 4.69) is 16.0 Å². The molecule has 126 valence electrons. The minimum absolute atomic E-state index is 0.207. The van der Waals surface area contributed by atoms with Crippen molar-refractivity contribution >= 4 is 29.1 Å². The Morgan fingerprint density at radius 2 is 2.08 bits per heavy atom. The summed E-state index contributed by atoms with van der Waals surface area (Å²) in [5.41, 5.74) is 4.41. The number of nitrogens with two attached hydrogens (primary N) is 1. The molecule has 8 heteroatoms. The average Bonchev–Trinajstić information content (AvgIpc) is 3.05. The molecule has 24 heavy (non-hydrogen) atoms. The Balaban J connectivity index is 1.65. The van der Waals surface area contributed by atoms with Gasteiger partial charge in [-0.05, 0) is 43.0 Å². The third kappa shape index (κ3) is 2.10. The second-order valence-electron chi connectivity index (χ2n) is 6.76. The van der Waals surface area contributed by atoms with Crippen molar-refractivity contribution < 1.29 is 18.8 Å². The summed E-state index contributed by atoms with van der Waals surface area (Å²) in [5, 5.41) is 8.33. The lowest BCUT2D eigenvalue weighted by Gasteiger charge is -2.20. The topological polar surface area (TPSA) is 113 Å². The van der Waals surface area contributed by atoms with Gasteiger partial charge in [-0.2, -0.15) is 0 Å². The smallest absolute Gasteiger partial charge is 0.262 e. The van der Waals surface area contributed by atoms with E-state index in [0.29, 0.717) is 16.9 Å². The van der Waals surface area contributed by atoms with E-state index in [9.17, 15) is 18.8 Å². The molecule has 2 unspecified atom stereocenters. The molecule has 1 saturated carbocycles. The van der Waals surface area contributed by atoms with Crippen LogP contribution in [0.3, 0.4) is 0 Å². The summed E-state index contributed by atoms with van der Waals surface area (Å²) in [6.07, 6.45) is 0.724. The fourth-order valence-corrected chi connectivity index (χ4v) is 3.44. The highest BCUT2D eigenvalue weighted by molar-refractivity contribution is 6.08. The Bertz CT molecular complexity index is 777. The van der Waals surface area contributed by atoms with Crippen LogP contribution in [-0.2, 0) is 19.8 Å². The monoisotopic (exact) mass is 332 g/mol. The Labute approximate surface area is 137 Å². The molecular weight excluding hydrogens is 315 g/mol. The number of hydrogen-bond acceptors (Lipinski definition) is 4. The second-order valence-corrected chi connectivity index (χ2v) is 6.76. The zero-order chi connectivity index (χ0) is 17.1. The summed E-state index contributed by atoms with van der Waals surface area (Å²) in [5.74, 6) is -1.37. The van der Waals surface area contributed by atoms with Crippen molar-refractivity contribution in [2.24, 2.45) is 5.73 Å². The molecule has 2 heterocycles. The molecule has 7 nitrogen and oxygen atoms in total. The maximum absolute atomic E-state index is 13.8. The number of carbonyl (C=O) groups excluding carboxylic acids is 3. The maximum Gasteiger partial charge on any atom is 0.262 e. The molecule has 0 radical (unpaired) electrons. The Morgan fingerprint density at radius 1 is 1.33 bits per heavy atom. The second kappa shape index (κ2) is 4.76. The van der Waals surface area contributed by atoms with E-state index in [0.717, 1.165) is 0 Å². The van der Waals surface area contributed by atoms with Crippen LogP contribution in [0.25, 0.3) is 0 Å². The van der Waals surface area contributed by atoms with Crippen LogP contribution >= 0.6 is 0 Å². The Kier molecular flexibility index (Phi) is 2.99. The number of carbonyl (C=O) groups is 3. The summed E-state index contributed by atoms with van der Waals surface area (Å²) in [4.78, 5) is 35.8. The average molecular weight is 332 g/mol. The van der Waals surface area contributed by atoms with Gasteiger partial charge in [0.15, 0.2) is 5.67 Å². The largest absolute Gasteiger partial charge is 0.368 e. The van der Waals surface area contributed by atoms with Crippen LogP contribution in [0, 0.1) is 0 Å². The van der Waals surface area contributed by atoms with Gasteiger partial charge in [-0.25, -0.2) is 4.39 Å². The number of benzene rings is 1. The molecule has 1 spiro atoms. The molecule has 1 saturated heterocycles. The molecule has 2 aliphatic heterocycles. The summed E-state index contributed by atoms with van der Waals surface area (Å²) in [6.45, 7) is 0.282. The molecular formula is C16H17FN4O3. The predicted octanol–water partition coefficient (Wildman–Crippen LogP) is 0.164. The number of fused-ring (bicyclic) bond motifs is 2. The first-order chi connectivity index (χ1) is 11.3. The molecule has 1 aromatic rings. The van der Waals surface area contributed by atoms with Crippen molar-refractivity contribution in [3.63, 3.8) is 0 Å². The normalized spacial score (nSPS) is 29.2. The third-order valence-electron chi connectivity index (χ3n) is 5.12. The standard InChI is InChI=1S/C16H17FN4O3/c17-16(3-4-16)14(24)20-8-1-2-10-9(5-8)15(13(23)21-10)6-11(12(18)22)19-7-15/h1-2,5,11,19H,3-4,6-7H2,(H2,18,22)(H,20,24)(H,21,23). The molecule has 5 N–H and O–H groups in total. The number of nitrogens with one attached hydrogen (secondary N) is 3. The van der Waals surface area contributed by atoms with Gasteiger partial charge in [0.1, 0.15) is 0 Å². The summed E-state index contributed by atoms with van der Waals surface area (Å²) >= 11 is 0. The highest BCUT2D eigenvalue weighted by Gasteiger charge is 2.53.